The van der Waals surface area contributed by atoms with Crippen LogP contribution < -0.4 is 5.32 Å². The van der Waals surface area contributed by atoms with E-state index in [9.17, 15) is 9.18 Å². The summed E-state index contributed by atoms with van der Waals surface area (Å²) in [6.07, 6.45) is 0.792. The van der Waals surface area contributed by atoms with Crippen LogP contribution in [0.5, 0.6) is 0 Å². The van der Waals surface area contributed by atoms with Gasteiger partial charge < -0.3 is 14.2 Å². The highest BCUT2D eigenvalue weighted by Gasteiger charge is 2.48. The Morgan fingerprint density at radius 1 is 1.37 bits per heavy atom. The number of amidine groups is 1. The van der Waals surface area contributed by atoms with Crippen molar-refractivity contribution in [3.63, 3.8) is 0 Å². The van der Waals surface area contributed by atoms with Crippen molar-refractivity contribution in [2.75, 3.05) is 13.2 Å². The SMILES string of the molecule is CC(C)(C)OC(=O)NC1=NC(C)(c2cc(N=[N+]=[N-])ccc2F)CC2(CCOCC2)O1. The smallest absolute Gasteiger partial charge is 0.415 e. The fourth-order valence-electron chi connectivity index (χ4n) is 3.82. The van der Waals surface area contributed by atoms with E-state index in [0.29, 0.717) is 32.5 Å². The fourth-order valence-corrected chi connectivity index (χ4v) is 3.82. The molecular formula is C20H26FN5O4. The first-order chi connectivity index (χ1) is 14.0. The van der Waals surface area contributed by atoms with Crippen molar-refractivity contribution < 1.29 is 23.4 Å². The zero-order valence-corrected chi connectivity index (χ0v) is 17.6. The number of aliphatic imine (C=N–C) groups is 1. The van der Waals surface area contributed by atoms with Crippen molar-refractivity contribution >= 4 is 17.8 Å². The molecule has 30 heavy (non-hydrogen) atoms. The van der Waals surface area contributed by atoms with Crippen LogP contribution >= 0.6 is 0 Å². The summed E-state index contributed by atoms with van der Waals surface area (Å²) in [6, 6.07) is 4.08. The monoisotopic (exact) mass is 419 g/mol. The lowest BCUT2D eigenvalue weighted by molar-refractivity contribution is -0.0814. The standard InChI is InChI=1S/C20H26FN5O4/c1-18(2,3)30-17(27)23-16-24-19(4,12-20(29-16)7-9-28-10-8-20)14-11-13(25-26-22)5-6-15(14)21/h5-6,11H,7-10,12H2,1-4H3,(H,23,24,27). The van der Waals surface area contributed by atoms with Gasteiger partial charge in [0.1, 0.15) is 17.0 Å². The number of rotatable bonds is 2. The zero-order valence-electron chi connectivity index (χ0n) is 17.6. The van der Waals surface area contributed by atoms with Crippen LogP contribution in [0.4, 0.5) is 14.9 Å². The van der Waals surface area contributed by atoms with E-state index < -0.39 is 28.7 Å². The third-order valence-electron chi connectivity index (χ3n) is 5.03. The second-order valence-electron chi connectivity index (χ2n) is 8.75. The molecule has 1 fully saturated rings. The van der Waals surface area contributed by atoms with Gasteiger partial charge >= 0.3 is 6.09 Å². The number of hydrogen-bond acceptors (Lipinski definition) is 6. The second kappa shape index (κ2) is 8.12. The predicted octanol–water partition coefficient (Wildman–Crippen LogP) is 4.83. The van der Waals surface area contributed by atoms with Gasteiger partial charge in [-0.05, 0) is 51.4 Å². The van der Waals surface area contributed by atoms with Gasteiger partial charge in [-0.3, -0.25) is 0 Å². The fraction of sp³-hybridized carbons (Fsp3) is 0.600. The molecule has 3 rings (SSSR count). The van der Waals surface area contributed by atoms with Gasteiger partial charge in [-0.2, -0.15) is 0 Å². The van der Waals surface area contributed by atoms with Crippen LogP contribution in [0.1, 0.15) is 52.5 Å². The van der Waals surface area contributed by atoms with Crippen molar-refractivity contribution in [3.8, 4) is 0 Å². The first-order valence-corrected chi connectivity index (χ1v) is 9.76. The van der Waals surface area contributed by atoms with E-state index in [0.717, 1.165) is 0 Å². The quantitative estimate of drug-likeness (QED) is 0.419. The summed E-state index contributed by atoms with van der Waals surface area (Å²) >= 11 is 0. The molecule has 1 aromatic rings. The van der Waals surface area contributed by atoms with E-state index in [2.05, 4.69) is 20.3 Å². The zero-order chi connectivity index (χ0) is 22.0. The Kier molecular flexibility index (Phi) is 5.92. The molecule has 0 saturated carbocycles. The summed E-state index contributed by atoms with van der Waals surface area (Å²) in [5.74, 6) is -0.487. The number of alkyl carbamates (subject to hydrolysis) is 1. The van der Waals surface area contributed by atoms with Gasteiger partial charge in [0.15, 0.2) is 0 Å². The van der Waals surface area contributed by atoms with Gasteiger partial charge in [-0.1, -0.05) is 5.11 Å². The number of nitrogens with one attached hydrogen (secondary N) is 1. The number of azide groups is 1. The number of nitrogens with zero attached hydrogens (tertiary/aromatic N) is 4. The number of benzene rings is 1. The van der Waals surface area contributed by atoms with Crippen LogP contribution in [-0.4, -0.2) is 36.5 Å². The molecule has 1 saturated heterocycles. The topological polar surface area (TPSA) is 118 Å². The highest BCUT2D eigenvalue weighted by molar-refractivity contribution is 5.91. The Bertz CT molecular complexity index is 901. The van der Waals surface area contributed by atoms with E-state index in [1.807, 2.05) is 0 Å². The number of amides is 1. The normalized spacial score (nSPS) is 23.0. The lowest BCUT2D eigenvalue weighted by Crippen LogP contribution is -2.53. The van der Waals surface area contributed by atoms with Crippen LogP contribution in [0.25, 0.3) is 10.4 Å². The number of ether oxygens (including phenoxy) is 3. The van der Waals surface area contributed by atoms with Gasteiger partial charge in [-0.25, -0.2) is 19.5 Å². The minimum atomic E-state index is -1.06. The summed E-state index contributed by atoms with van der Waals surface area (Å²) < 4.78 is 31.7. The highest BCUT2D eigenvalue weighted by Crippen LogP contribution is 2.45. The molecule has 0 radical (unpaired) electrons. The van der Waals surface area contributed by atoms with Gasteiger partial charge in [0.25, 0.3) is 6.02 Å². The maximum atomic E-state index is 14.8. The number of hydrogen-bond donors (Lipinski definition) is 1. The van der Waals surface area contributed by atoms with Crippen molar-refractivity contribution in [2.45, 2.75) is 63.7 Å². The first kappa shape index (κ1) is 21.9. The molecule has 1 amide bonds. The van der Waals surface area contributed by atoms with E-state index in [-0.39, 0.29) is 17.3 Å². The number of carbonyl (C=O) groups is 1. The van der Waals surface area contributed by atoms with E-state index in [1.165, 1.54) is 18.2 Å². The molecule has 0 aliphatic carbocycles. The molecule has 10 heteroatoms. The van der Waals surface area contributed by atoms with Crippen molar-refractivity contribution in [2.24, 2.45) is 10.1 Å². The second-order valence-corrected chi connectivity index (χ2v) is 8.75. The number of carbonyl (C=O) groups excluding carboxylic acids is 1. The summed E-state index contributed by atoms with van der Waals surface area (Å²) in [5, 5.41) is 6.12. The highest BCUT2D eigenvalue weighted by atomic mass is 19.1. The van der Waals surface area contributed by atoms with Gasteiger partial charge in [0.05, 0.1) is 18.8 Å². The predicted molar refractivity (Wildman–Crippen MR) is 108 cm³/mol. The van der Waals surface area contributed by atoms with Crippen LogP contribution in [-0.2, 0) is 19.7 Å². The van der Waals surface area contributed by atoms with E-state index >= 15 is 0 Å². The molecule has 2 aliphatic rings. The molecule has 1 spiro atoms. The van der Waals surface area contributed by atoms with Crippen LogP contribution in [0, 0.1) is 5.82 Å². The van der Waals surface area contributed by atoms with Crippen molar-refractivity contribution in [1.82, 2.24) is 5.32 Å². The molecule has 1 unspecified atom stereocenters. The Balaban J connectivity index is 2.01. The van der Waals surface area contributed by atoms with E-state index in [1.54, 1.807) is 27.7 Å². The molecule has 1 N–H and O–H groups in total. The summed E-state index contributed by atoms with van der Waals surface area (Å²) in [6.45, 7) is 7.97. The minimum Gasteiger partial charge on any atom is -0.458 e. The Morgan fingerprint density at radius 2 is 2.07 bits per heavy atom. The summed E-state index contributed by atoms with van der Waals surface area (Å²) in [5.41, 5.74) is 6.82. The molecule has 0 bridgehead atoms. The molecule has 2 heterocycles. The van der Waals surface area contributed by atoms with Crippen molar-refractivity contribution in [1.29, 1.82) is 0 Å². The lowest BCUT2D eigenvalue weighted by Gasteiger charge is -2.46. The summed E-state index contributed by atoms with van der Waals surface area (Å²) in [4.78, 5) is 19.6. The molecule has 1 aromatic carbocycles. The molecule has 0 aromatic heterocycles. The molecule has 1 atom stereocenters. The van der Waals surface area contributed by atoms with Gasteiger partial charge in [0.2, 0.25) is 0 Å². The first-order valence-electron chi connectivity index (χ1n) is 9.76. The molecule has 9 nitrogen and oxygen atoms in total. The third-order valence-corrected chi connectivity index (χ3v) is 5.03. The molecular weight excluding hydrogens is 393 g/mol. The summed E-state index contributed by atoms with van der Waals surface area (Å²) in [7, 11) is 0. The van der Waals surface area contributed by atoms with E-state index in [4.69, 9.17) is 19.7 Å². The third kappa shape index (κ3) is 5.01. The molecule has 162 valence electrons. The maximum absolute atomic E-state index is 14.8. The molecule has 2 aliphatic heterocycles. The number of halogens is 1. The maximum Gasteiger partial charge on any atom is 0.415 e. The average molecular weight is 419 g/mol. The lowest BCUT2D eigenvalue weighted by atomic mass is 9.76. The Labute approximate surface area is 174 Å². The van der Waals surface area contributed by atoms with Crippen LogP contribution in [0.2, 0.25) is 0 Å². The average Bonchev–Trinajstić information content (AvgIpc) is 2.61. The van der Waals surface area contributed by atoms with Gasteiger partial charge in [0, 0.05) is 35.4 Å². The minimum absolute atomic E-state index is 0.0338. The largest absolute Gasteiger partial charge is 0.458 e. The van der Waals surface area contributed by atoms with Crippen molar-refractivity contribution in [3.05, 3.63) is 40.0 Å². The Hall–Kier alpha value is -2.84. The van der Waals surface area contributed by atoms with Gasteiger partial charge in [-0.15, -0.1) is 0 Å². The Morgan fingerprint density at radius 3 is 2.70 bits per heavy atom. The van der Waals surface area contributed by atoms with Crippen LogP contribution in [0.15, 0.2) is 28.3 Å². The van der Waals surface area contributed by atoms with Crippen LogP contribution in [0.3, 0.4) is 0 Å².